The number of aliphatic hydroxyl groups excluding tert-OH is 1. The molecule has 5 unspecified atom stereocenters. The number of hydrogen-bond donors (Lipinski definition) is 5. The van der Waals surface area contributed by atoms with Gasteiger partial charge in [-0.2, -0.15) is 0 Å². The number of aromatic amines is 1. The van der Waals surface area contributed by atoms with E-state index in [0.717, 1.165) is 22.4 Å². The van der Waals surface area contributed by atoms with Gasteiger partial charge in [0.25, 0.3) is 0 Å². The summed E-state index contributed by atoms with van der Waals surface area (Å²) in [7, 11) is 0. The molecule has 0 saturated carbocycles. The van der Waals surface area contributed by atoms with Gasteiger partial charge in [0.1, 0.15) is 35.3 Å². The Hall–Kier alpha value is -4.99. The summed E-state index contributed by atoms with van der Waals surface area (Å²) in [5.74, 6) is 0.0181. The van der Waals surface area contributed by atoms with E-state index in [0.29, 0.717) is 50.7 Å². The first-order chi connectivity index (χ1) is 25.9. The Balaban J connectivity index is 1.17. The van der Waals surface area contributed by atoms with Crippen LogP contribution in [-0.2, 0) is 23.8 Å². The molecule has 298 valence electrons. The second-order valence-electron chi connectivity index (χ2n) is 16.1. The Morgan fingerprint density at radius 1 is 0.873 bits per heavy atom. The van der Waals surface area contributed by atoms with E-state index in [9.17, 15) is 24.3 Å². The van der Waals surface area contributed by atoms with Crippen LogP contribution >= 0.6 is 0 Å². The highest BCUT2D eigenvalue weighted by atomic mass is 16.6. The molecule has 5 rings (SSSR count). The zero-order valence-electron chi connectivity index (χ0n) is 33.0. The molecule has 15 nitrogen and oxygen atoms in total. The minimum atomic E-state index is -1.00. The molecule has 0 bridgehead atoms. The number of aliphatic hydroxyl groups is 1. The smallest absolute Gasteiger partial charge is 0.408 e. The molecule has 1 aromatic heterocycles. The molecule has 3 heterocycles. The fraction of sp³-hybridized carbons (Fsp3) is 0.525. The van der Waals surface area contributed by atoms with Crippen LogP contribution in [0.4, 0.5) is 15.3 Å². The summed E-state index contributed by atoms with van der Waals surface area (Å²) >= 11 is 0. The summed E-state index contributed by atoms with van der Waals surface area (Å²) in [6.07, 6.45) is 0.678. The van der Waals surface area contributed by atoms with Crippen molar-refractivity contribution >= 4 is 29.7 Å². The molecule has 5 atom stereocenters. The molecule has 55 heavy (non-hydrogen) atoms. The first-order valence-corrected chi connectivity index (χ1v) is 18.8. The van der Waals surface area contributed by atoms with Crippen molar-refractivity contribution in [2.45, 2.75) is 110 Å². The number of benzene rings is 2. The zero-order valence-corrected chi connectivity index (χ0v) is 33.0. The summed E-state index contributed by atoms with van der Waals surface area (Å²) in [5.41, 5.74) is 2.90. The molecular formula is C40H55N7O8. The van der Waals surface area contributed by atoms with Gasteiger partial charge < -0.3 is 45.2 Å². The molecule has 2 aromatic carbocycles. The maximum absolute atomic E-state index is 13.3. The number of nitrogens with zero attached hydrogens (tertiary/aromatic N) is 3. The van der Waals surface area contributed by atoms with Gasteiger partial charge in [-0.1, -0.05) is 36.4 Å². The molecule has 15 heteroatoms. The van der Waals surface area contributed by atoms with Crippen LogP contribution < -0.4 is 16.0 Å². The standard InChI is InChI=1S/C40H55N7O8/c1-24(42-37(51)54-39(3,4)5)35(49)46-19-9-10-31(46)34(48)44-29-17-15-27(16-18-29)26-11-13-28(14-12-26)30-22-41-33(45-30)32-23-53-21-20-47(32)36(50)25(2)43-38(52)55-40(6,7)8/h11-18,22,24-25,31-32,36,50H,9-10,19-21,23H2,1-8H3,(H,41,45)(H,42,51)(H,43,52)(H,44,48). The minimum Gasteiger partial charge on any atom is -0.444 e. The number of aromatic nitrogens is 2. The number of alkyl carbamates (subject to hydrolysis) is 2. The predicted molar refractivity (Wildman–Crippen MR) is 207 cm³/mol. The molecule has 0 aliphatic carbocycles. The quantitative estimate of drug-likeness (QED) is 0.184. The van der Waals surface area contributed by atoms with Crippen LogP contribution in [0.5, 0.6) is 0 Å². The van der Waals surface area contributed by atoms with E-state index in [1.807, 2.05) is 53.4 Å². The SMILES string of the molecule is CC(NC(=O)OC(C)(C)C)C(=O)N1CCCC1C(=O)Nc1ccc(-c2ccc(-c3cnc(C4COCCN4C(O)C(C)NC(=O)OC(C)(C)C)[nH]3)cc2)cc1. The van der Waals surface area contributed by atoms with E-state index in [-0.39, 0.29) is 17.9 Å². The lowest BCUT2D eigenvalue weighted by atomic mass is 10.0. The van der Waals surface area contributed by atoms with Gasteiger partial charge in [-0.3, -0.25) is 14.5 Å². The lowest BCUT2D eigenvalue weighted by molar-refractivity contribution is -0.138. The van der Waals surface area contributed by atoms with Crippen LogP contribution in [0.3, 0.4) is 0 Å². The average Bonchev–Trinajstić information content (AvgIpc) is 3.81. The largest absolute Gasteiger partial charge is 0.444 e. The van der Waals surface area contributed by atoms with Gasteiger partial charge in [0, 0.05) is 18.8 Å². The van der Waals surface area contributed by atoms with Gasteiger partial charge in [0.15, 0.2) is 0 Å². The molecule has 2 fully saturated rings. The highest BCUT2D eigenvalue weighted by Gasteiger charge is 2.37. The summed E-state index contributed by atoms with van der Waals surface area (Å²) in [4.78, 5) is 62.4. The van der Waals surface area contributed by atoms with Gasteiger partial charge in [-0.25, -0.2) is 14.6 Å². The van der Waals surface area contributed by atoms with Crippen molar-refractivity contribution in [3.05, 3.63) is 60.6 Å². The van der Waals surface area contributed by atoms with Crippen LogP contribution in [0.2, 0.25) is 0 Å². The van der Waals surface area contributed by atoms with Gasteiger partial charge in [-0.15, -0.1) is 0 Å². The lowest BCUT2D eigenvalue weighted by Gasteiger charge is -2.39. The number of morpholine rings is 1. The molecule has 0 spiro atoms. The number of ether oxygens (including phenoxy) is 3. The number of likely N-dealkylation sites (tertiary alicyclic amines) is 1. The molecule has 2 aliphatic rings. The van der Waals surface area contributed by atoms with Gasteiger partial charge in [0.05, 0.1) is 37.2 Å². The van der Waals surface area contributed by atoms with Crippen molar-refractivity contribution in [1.82, 2.24) is 30.4 Å². The van der Waals surface area contributed by atoms with Crippen LogP contribution in [0.1, 0.15) is 80.1 Å². The van der Waals surface area contributed by atoms with E-state index in [4.69, 9.17) is 14.2 Å². The van der Waals surface area contributed by atoms with E-state index in [1.54, 1.807) is 61.6 Å². The maximum Gasteiger partial charge on any atom is 0.408 e. The number of imidazole rings is 1. The first kappa shape index (κ1) is 41.2. The van der Waals surface area contributed by atoms with Crippen LogP contribution in [-0.4, -0.2) is 111 Å². The summed E-state index contributed by atoms with van der Waals surface area (Å²) in [6, 6.07) is 13.0. The normalized spacial score (nSPS) is 19.5. The number of H-pyrrole nitrogens is 1. The Morgan fingerprint density at radius 2 is 1.45 bits per heavy atom. The van der Waals surface area contributed by atoms with Crippen molar-refractivity contribution < 1.29 is 38.5 Å². The average molecular weight is 762 g/mol. The maximum atomic E-state index is 13.3. The third kappa shape index (κ3) is 11.0. The zero-order chi connectivity index (χ0) is 40.1. The van der Waals surface area contributed by atoms with E-state index < -0.39 is 47.7 Å². The van der Waals surface area contributed by atoms with Crippen LogP contribution in [0.25, 0.3) is 22.4 Å². The third-order valence-electron chi connectivity index (χ3n) is 9.24. The van der Waals surface area contributed by atoms with Crippen LogP contribution in [0, 0.1) is 0 Å². The molecule has 3 aromatic rings. The van der Waals surface area contributed by atoms with E-state index in [2.05, 4.69) is 25.9 Å². The van der Waals surface area contributed by atoms with Crippen molar-refractivity contribution in [3.8, 4) is 22.4 Å². The highest BCUT2D eigenvalue weighted by Crippen LogP contribution is 2.29. The van der Waals surface area contributed by atoms with Crippen LogP contribution in [0.15, 0.2) is 54.7 Å². The van der Waals surface area contributed by atoms with E-state index in [1.165, 1.54) is 4.90 Å². The Kier molecular flexibility index (Phi) is 12.9. The molecule has 2 saturated heterocycles. The second-order valence-corrected chi connectivity index (χ2v) is 16.1. The topological polar surface area (TPSA) is 187 Å². The lowest BCUT2D eigenvalue weighted by Crippen LogP contribution is -2.55. The number of carbonyl (C=O) groups is 4. The highest BCUT2D eigenvalue weighted by molar-refractivity contribution is 5.98. The predicted octanol–water partition coefficient (Wildman–Crippen LogP) is 5.19. The van der Waals surface area contributed by atoms with Gasteiger partial charge in [0.2, 0.25) is 11.8 Å². The number of nitrogens with one attached hydrogen (secondary N) is 4. The summed E-state index contributed by atoms with van der Waals surface area (Å²) < 4.78 is 16.4. The van der Waals surface area contributed by atoms with Gasteiger partial charge in [-0.05, 0) is 97.1 Å². The van der Waals surface area contributed by atoms with Crippen molar-refractivity contribution in [1.29, 1.82) is 0 Å². The number of amides is 4. The first-order valence-electron chi connectivity index (χ1n) is 18.8. The summed E-state index contributed by atoms with van der Waals surface area (Å²) in [6.45, 7) is 15.5. The van der Waals surface area contributed by atoms with Crippen molar-refractivity contribution in [3.63, 3.8) is 0 Å². The summed E-state index contributed by atoms with van der Waals surface area (Å²) in [5, 5.41) is 19.4. The number of hydrogen-bond acceptors (Lipinski definition) is 10. The number of carbonyl (C=O) groups excluding carboxylic acids is 4. The van der Waals surface area contributed by atoms with Crippen molar-refractivity contribution in [2.24, 2.45) is 0 Å². The molecule has 5 N–H and O–H groups in total. The Morgan fingerprint density at radius 3 is 2.07 bits per heavy atom. The molecule has 2 aliphatic heterocycles. The second kappa shape index (κ2) is 17.2. The Bertz CT molecular complexity index is 1800. The number of rotatable bonds is 10. The number of anilines is 1. The van der Waals surface area contributed by atoms with E-state index >= 15 is 0 Å². The Labute approximate surface area is 322 Å². The fourth-order valence-electron chi connectivity index (χ4n) is 6.59. The minimum absolute atomic E-state index is 0.282. The monoisotopic (exact) mass is 761 g/mol. The molecule has 0 radical (unpaired) electrons. The molecule has 4 amide bonds. The fourth-order valence-corrected chi connectivity index (χ4v) is 6.59. The third-order valence-corrected chi connectivity index (χ3v) is 9.24. The van der Waals surface area contributed by atoms with Crippen molar-refractivity contribution in [2.75, 3.05) is 31.6 Å². The molecular weight excluding hydrogens is 706 g/mol. The van der Waals surface area contributed by atoms with Gasteiger partial charge >= 0.3 is 12.2 Å².